The third-order valence-corrected chi connectivity index (χ3v) is 10.1. The van der Waals surface area contributed by atoms with E-state index in [9.17, 15) is 14.4 Å². The third kappa shape index (κ3) is 12.0. The van der Waals surface area contributed by atoms with E-state index in [1.165, 1.54) is 57.6 Å². The zero-order chi connectivity index (χ0) is 41.4. The Bertz CT molecular complexity index is 2190. The normalized spacial score (nSPS) is 13.6. The van der Waals surface area contributed by atoms with Gasteiger partial charge in [-0.2, -0.15) is 0 Å². The number of oxime groups is 1. The number of carbonyl (C=O) groups is 3. The molecule has 1 aliphatic rings. The van der Waals surface area contributed by atoms with Gasteiger partial charge >= 0.3 is 17.9 Å². The molecular formula is C46H52N6O7. The van der Waals surface area contributed by atoms with Crippen molar-refractivity contribution in [1.29, 1.82) is 0 Å². The molecule has 5 aromatic rings. The number of unbranched alkanes of at least 4 members (excludes halogenated alkanes) is 9. The zero-order valence-electron chi connectivity index (χ0n) is 33.7. The summed E-state index contributed by atoms with van der Waals surface area (Å²) in [5, 5.41) is 16.2. The molecule has 59 heavy (non-hydrogen) atoms. The molecule has 13 heteroatoms. The average Bonchev–Trinajstić information content (AvgIpc) is 4.03. The van der Waals surface area contributed by atoms with Gasteiger partial charge in [-0.3, -0.25) is 4.79 Å². The van der Waals surface area contributed by atoms with E-state index in [1.807, 2.05) is 78.4 Å². The molecule has 6 rings (SSSR count). The van der Waals surface area contributed by atoms with Gasteiger partial charge in [0.15, 0.2) is 6.61 Å². The number of esters is 1. The minimum absolute atomic E-state index is 0.0923. The number of ether oxygens (including phenoxy) is 2. The first-order chi connectivity index (χ1) is 28.8. The molecule has 0 aliphatic carbocycles. The molecule has 3 aromatic carbocycles. The van der Waals surface area contributed by atoms with Gasteiger partial charge in [-0.1, -0.05) is 118 Å². The molecule has 0 fully saturated rings. The summed E-state index contributed by atoms with van der Waals surface area (Å²) in [7, 11) is 1.94. The lowest BCUT2D eigenvalue weighted by Gasteiger charge is -2.10. The van der Waals surface area contributed by atoms with Crippen molar-refractivity contribution in [2.75, 3.05) is 13.2 Å². The Labute approximate surface area is 344 Å². The zero-order valence-corrected chi connectivity index (χ0v) is 33.7. The number of carbonyl (C=O) groups excluding carboxylic acids is 2. The first-order valence-electron chi connectivity index (χ1n) is 20.4. The van der Waals surface area contributed by atoms with Crippen LogP contribution >= 0.6 is 0 Å². The molecule has 0 bridgehead atoms. The van der Waals surface area contributed by atoms with Gasteiger partial charge in [-0.15, -0.1) is 0 Å². The summed E-state index contributed by atoms with van der Waals surface area (Å²) in [5.74, 6) is -0.602. The molecule has 13 nitrogen and oxygen atoms in total. The van der Waals surface area contributed by atoms with E-state index in [1.54, 1.807) is 24.4 Å². The van der Waals surface area contributed by atoms with Crippen molar-refractivity contribution >= 4 is 29.6 Å². The molecule has 2 aromatic heterocycles. The molecular weight excluding hydrogens is 749 g/mol. The fourth-order valence-corrected chi connectivity index (χ4v) is 6.90. The number of nitrogens with zero attached hydrogens (tertiary/aromatic N) is 4. The first kappa shape index (κ1) is 42.1. The van der Waals surface area contributed by atoms with Crippen LogP contribution in [0.25, 0.3) is 40.0 Å². The Balaban J connectivity index is 1.11. The molecule has 0 saturated carbocycles. The van der Waals surface area contributed by atoms with Crippen LogP contribution in [0.4, 0.5) is 0 Å². The molecule has 308 valence electrons. The lowest BCUT2D eigenvalue weighted by Crippen LogP contribution is -2.26. The molecule has 0 radical (unpaired) electrons. The van der Waals surface area contributed by atoms with Gasteiger partial charge in [0.1, 0.15) is 11.6 Å². The molecule has 1 amide bonds. The number of aromatic amines is 1. The van der Waals surface area contributed by atoms with Crippen molar-refractivity contribution in [3.05, 3.63) is 102 Å². The maximum atomic E-state index is 12.5. The molecule has 3 N–H and O–H groups in total. The molecule has 1 atom stereocenters. The fraction of sp³-hybridized carbons (Fsp3) is 0.348. The Hall–Kier alpha value is -6.50. The lowest BCUT2D eigenvalue weighted by molar-refractivity contribution is -0.146. The largest absolute Gasteiger partial charge is 0.482 e. The molecule has 0 saturated heterocycles. The minimum atomic E-state index is -1.05. The van der Waals surface area contributed by atoms with Gasteiger partial charge in [0.05, 0.1) is 17.1 Å². The van der Waals surface area contributed by atoms with Crippen LogP contribution in [0.5, 0.6) is 11.8 Å². The topological polar surface area (TPSA) is 170 Å². The summed E-state index contributed by atoms with van der Waals surface area (Å²) in [6.07, 6.45) is 18.3. The number of benzene rings is 3. The van der Waals surface area contributed by atoms with E-state index in [2.05, 4.69) is 27.4 Å². The van der Waals surface area contributed by atoms with Crippen molar-refractivity contribution in [3.63, 3.8) is 0 Å². The standard InChI is InChI=1S/C46H52N6O7/c1-3-4-5-6-7-8-9-10-11-12-27-47-40(53)26-15-32-13-16-34(17-14-32)42-43(35-22-24-37(25-23-35)57-31-41(54)55)52(2)44(50-42)36-20-18-33(19-21-36)38-30-39(59-51-38)45(56)58-46-48-28-29-49-46/h13-26,28-29,39H,3-12,27,30-31H2,1-2H3,(H,47,53)(H,48,49)(H,54,55). The summed E-state index contributed by atoms with van der Waals surface area (Å²) in [5.41, 5.74) is 6.45. The number of nitrogens with one attached hydrogen (secondary N) is 2. The monoisotopic (exact) mass is 800 g/mol. The maximum absolute atomic E-state index is 12.5. The summed E-state index contributed by atoms with van der Waals surface area (Å²) >= 11 is 0. The Kier molecular flexibility index (Phi) is 15.2. The molecule has 1 aliphatic heterocycles. The van der Waals surface area contributed by atoms with E-state index in [0.29, 0.717) is 23.8 Å². The number of hydrogen-bond acceptors (Lipinski definition) is 9. The third-order valence-electron chi connectivity index (χ3n) is 10.1. The Morgan fingerprint density at radius 1 is 0.864 bits per heavy atom. The number of aromatic nitrogens is 4. The quantitative estimate of drug-likeness (QED) is 0.0352. The van der Waals surface area contributed by atoms with Crippen LogP contribution in [-0.4, -0.2) is 67.4 Å². The SMILES string of the molecule is CCCCCCCCCCCCNC(=O)C=Cc1ccc(-c2nc(-c3ccc(C4=NOC(C(=O)Oc5ncc[nH]5)C4)cc3)n(C)c2-c2ccc(OCC(=O)O)cc2)cc1. The van der Waals surface area contributed by atoms with Crippen LogP contribution in [0.2, 0.25) is 0 Å². The first-order valence-corrected chi connectivity index (χ1v) is 20.4. The lowest BCUT2D eigenvalue weighted by atomic mass is 10.0. The van der Waals surface area contributed by atoms with Crippen LogP contribution in [0.1, 0.15) is 88.7 Å². The van der Waals surface area contributed by atoms with E-state index >= 15 is 0 Å². The molecule has 0 spiro atoms. The maximum Gasteiger partial charge on any atom is 0.358 e. The minimum Gasteiger partial charge on any atom is -0.482 e. The number of carboxylic acid groups (broad SMARTS) is 1. The number of rotatable bonds is 22. The van der Waals surface area contributed by atoms with Gasteiger partial charge < -0.3 is 34.3 Å². The van der Waals surface area contributed by atoms with Crippen molar-refractivity contribution in [1.82, 2.24) is 24.8 Å². The number of aliphatic carboxylic acids is 1. The van der Waals surface area contributed by atoms with Crippen molar-refractivity contribution in [2.45, 2.75) is 83.7 Å². The number of hydrogen-bond donors (Lipinski definition) is 3. The molecule has 1 unspecified atom stereocenters. The second-order valence-corrected chi connectivity index (χ2v) is 14.6. The van der Waals surface area contributed by atoms with Crippen LogP contribution in [0.3, 0.4) is 0 Å². The van der Waals surface area contributed by atoms with Crippen molar-refractivity contribution < 1.29 is 33.8 Å². The van der Waals surface area contributed by atoms with E-state index in [0.717, 1.165) is 52.0 Å². The predicted octanol–water partition coefficient (Wildman–Crippen LogP) is 8.76. The summed E-state index contributed by atoms with van der Waals surface area (Å²) < 4.78 is 12.6. The van der Waals surface area contributed by atoms with Gasteiger partial charge in [0, 0.05) is 55.2 Å². The number of carboxylic acids is 1. The highest BCUT2D eigenvalue weighted by atomic mass is 16.7. The summed E-state index contributed by atoms with van der Waals surface area (Å²) in [6.45, 7) is 2.48. The highest BCUT2D eigenvalue weighted by Crippen LogP contribution is 2.36. The number of amides is 1. The number of H-pyrrole nitrogens is 1. The van der Waals surface area contributed by atoms with Crippen LogP contribution in [0.15, 0.2) is 96.4 Å². The van der Waals surface area contributed by atoms with Crippen LogP contribution in [0, 0.1) is 0 Å². The smallest absolute Gasteiger partial charge is 0.358 e. The van der Waals surface area contributed by atoms with Crippen LogP contribution < -0.4 is 14.8 Å². The van der Waals surface area contributed by atoms with Crippen molar-refractivity contribution in [3.8, 4) is 45.7 Å². The Morgan fingerprint density at radius 3 is 2.17 bits per heavy atom. The summed E-state index contributed by atoms with van der Waals surface area (Å²) in [6, 6.07) is 22.9. The predicted molar refractivity (Wildman–Crippen MR) is 227 cm³/mol. The van der Waals surface area contributed by atoms with Crippen LogP contribution in [-0.2, 0) is 26.3 Å². The average molecular weight is 801 g/mol. The Morgan fingerprint density at radius 2 is 1.51 bits per heavy atom. The second kappa shape index (κ2) is 21.3. The summed E-state index contributed by atoms with van der Waals surface area (Å²) in [4.78, 5) is 53.3. The highest BCUT2D eigenvalue weighted by Gasteiger charge is 2.31. The van der Waals surface area contributed by atoms with Gasteiger partial charge in [-0.05, 0) is 47.9 Å². The highest BCUT2D eigenvalue weighted by molar-refractivity contribution is 6.04. The van der Waals surface area contributed by atoms with E-state index in [4.69, 9.17) is 24.4 Å². The second-order valence-electron chi connectivity index (χ2n) is 14.6. The van der Waals surface area contributed by atoms with Gasteiger partial charge in [-0.25, -0.2) is 19.6 Å². The van der Waals surface area contributed by atoms with E-state index < -0.39 is 24.6 Å². The van der Waals surface area contributed by atoms with Crippen molar-refractivity contribution in [2.24, 2.45) is 12.2 Å². The number of imidazole rings is 2. The molecule has 3 heterocycles. The van der Waals surface area contributed by atoms with Gasteiger partial charge in [0.25, 0.3) is 0 Å². The van der Waals surface area contributed by atoms with Gasteiger partial charge in [0.2, 0.25) is 12.0 Å². The fourth-order valence-electron chi connectivity index (χ4n) is 6.90. The van der Waals surface area contributed by atoms with E-state index in [-0.39, 0.29) is 18.3 Å².